The normalized spacial score (nSPS) is 12.0. The van der Waals surface area contributed by atoms with Gasteiger partial charge in [0.1, 0.15) is 21.3 Å². The summed E-state index contributed by atoms with van der Waals surface area (Å²) in [7, 11) is -8.69. The lowest BCUT2D eigenvalue weighted by molar-refractivity contribution is 0.426. The van der Waals surface area contributed by atoms with E-state index in [4.69, 9.17) is 19.2 Å². The lowest BCUT2D eigenvalue weighted by Gasteiger charge is -2.33. The lowest BCUT2D eigenvalue weighted by Crippen LogP contribution is -2.26. The first-order valence-electron chi connectivity index (χ1n) is 16.0. The van der Waals surface area contributed by atoms with E-state index in [1.54, 1.807) is 48.5 Å². The zero-order valence-corrected chi connectivity index (χ0v) is 29.8. The van der Waals surface area contributed by atoms with E-state index in [-0.39, 0.29) is 71.6 Å². The average Bonchev–Trinajstić information content (AvgIpc) is 3.11. The van der Waals surface area contributed by atoms with Crippen molar-refractivity contribution in [2.75, 3.05) is 0 Å². The Hall–Kier alpha value is -6.22. The molecule has 12 nitrogen and oxygen atoms in total. The summed E-state index contributed by atoms with van der Waals surface area (Å²) in [4.78, 5) is 5.69. The number of aromatic hydroxyl groups is 2. The minimum Gasteiger partial charge on any atom is -0.501 e. The lowest BCUT2D eigenvalue weighted by atomic mass is 9.71. The molecule has 6 rings (SSSR count). The Morgan fingerprint density at radius 2 is 0.981 bits per heavy atom. The van der Waals surface area contributed by atoms with Crippen molar-refractivity contribution < 1.29 is 35.4 Å². The van der Waals surface area contributed by atoms with Crippen LogP contribution in [-0.2, 0) is 25.7 Å². The molecule has 0 fully saturated rings. The van der Waals surface area contributed by atoms with Crippen LogP contribution in [0.2, 0.25) is 0 Å². The molecule has 0 heterocycles. The largest absolute Gasteiger partial charge is 0.501 e. The maximum atomic E-state index is 13.4. The zero-order chi connectivity index (χ0) is 37.4. The second-order valence-electron chi connectivity index (χ2n) is 12.8. The maximum absolute atomic E-state index is 13.4. The van der Waals surface area contributed by atoms with Gasteiger partial charge in [-0.1, -0.05) is 69.3 Å². The first kappa shape index (κ1) is 35.6. The number of phenolic OH excluding ortho intramolecular Hbond substituents is 2. The number of nitrogens with zero attached hydrogens (tertiary/aromatic N) is 4. The average molecular weight is 737 g/mol. The van der Waals surface area contributed by atoms with Crippen molar-refractivity contribution in [2.24, 2.45) is 5.92 Å². The highest BCUT2D eigenvalue weighted by molar-refractivity contribution is 7.87. The molecule has 52 heavy (non-hydrogen) atoms. The summed E-state index contributed by atoms with van der Waals surface area (Å²) in [6.07, 6.45) is 0.688. The molecule has 0 bridgehead atoms. The van der Waals surface area contributed by atoms with E-state index in [1.807, 2.05) is 6.92 Å². The predicted molar refractivity (Wildman–Crippen MR) is 195 cm³/mol. The van der Waals surface area contributed by atoms with Gasteiger partial charge < -0.3 is 18.6 Å². The van der Waals surface area contributed by atoms with E-state index in [0.717, 1.165) is 11.1 Å². The van der Waals surface area contributed by atoms with Gasteiger partial charge in [-0.2, -0.15) is 16.8 Å². The number of benzene rings is 6. The quantitative estimate of drug-likeness (QED) is 0.101. The number of rotatable bonds is 10. The van der Waals surface area contributed by atoms with Crippen molar-refractivity contribution >= 4 is 53.2 Å². The molecular formula is C38H32N4O8S2+2. The maximum Gasteiger partial charge on any atom is 0.426 e. The molecule has 0 spiro atoms. The first-order chi connectivity index (χ1) is 24.7. The van der Waals surface area contributed by atoms with E-state index in [9.17, 15) is 27.0 Å². The zero-order valence-electron chi connectivity index (χ0n) is 28.1. The summed E-state index contributed by atoms with van der Waals surface area (Å²) in [5.74, 6) is -0.365. The Labute approximate surface area is 300 Å². The topological polar surface area (TPSA) is 184 Å². The van der Waals surface area contributed by atoms with E-state index < -0.39 is 25.7 Å². The van der Waals surface area contributed by atoms with Gasteiger partial charge in [-0.25, -0.2) is 0 Å². The smallest absolute Gasteiger partial charge is 0.426 e. The minimum atomic E-state index is -4.35. The number of hydrogen-bond acceptors (Lipinski definition) is 10. The van der Waals surface area contributed by atoms with Gasteiger partial charge in [0.15, 0.2) is 9.95 Å². The molecule has 262 valence electrons. The predicted octanol–water partition coefficient (Wildman–Crippen LogP) is 9.26. The minimum absolute atomic E-state index is 0.0662. The van der Waals surface area contributed by atoms with E-state index >= 15 is 0 Å². The van der Waals surface area contributed by atoms with Crippen LogP contribution in [0, 0.1) is 16.7 Å². The number of diazo groups is 2. The highest BCUT2D eigenvalue weighted by Crippen LogP contribution is 2.42. The van der Waals surface area contributed by atoms with Gasteiger partial charge in [-0.3, -0.25) is 0 Å². The van der Waals surface area contributed by atoms with Crippen LogP contribution < -0.4 is 8.37 Å². The van der Waals surface area contributed by atoms with Crippen LogP contribution in [0.1, 0.15) is 38.3 Å². The highest BCUT2D eigenvalue weighted by Gasteiger charge is 2.31. The molecule has 14 heteroatoms. The van der Waals surface area contributed by atoms with Crippen LogP contribution in [0.15, 0.2) is 119 Å². The van der Waals surface area contributed by atoms with Crippen LogP contribution >= 0.6 is 0 Å². The molecule has 6 aromatic carbocycles. The molecule has 0 saturated carbocycles. The fourth-order valence-corrected chi connectivity index (χ4v) is 8.81. The van der Waals surface area contributed by atoms with Gasteiger partial charge in [0.2, 0.25) is 22.3 Å². The third-order valence-electron chi connectivity index (χ3n) is 8.91. The van der Waals surface area contributed by atoms with Crippen molar-refractivity contribution in [1.82, 2.24) is 0 Å². The SMILES string of the molecule is CC(C)CC(C)(c1ccc(OS(=O)(=O)c2cccc3c(O)c([N+]#N)ccc23)cc1)c1ccc(OS(=O)(=O)c2cccc3c(O)c([N+]#N)ccc23)cc1. The Kier molecular flexibility index (Phi) is 9.23. The first-order valence-corrected chi connectivity index (χ1v) is 18.8. The Bertz CT molecular complexity index is 2490. The molecule has 0 amide bonds. The fraction of sp³-hybridized carbons (Fsp3) is 0.158. The van der Waals surface area contributed by atoms with E-state index in [0.29, 0.717) is 6.42 Å². The number of hydrogen-bond donors (Lipinski definition) is 2. The fourth-order valence-electron chi connectivity index (χ4n) is 6.52. The molecule has 0 unspecified atom stereocenters. The molecular weight excluding hydrogens is 705 g/mol. The highest BCUT2D eigenvalue weighted by atomic mass is 32.2. The van der Waals surface area contributed by atoms with Crippen molar-refractivity contribution in [2.45, 2.75) is 42.4 Å². The molecule has 0 aliphatic rings. The summed E-state index contributed by atoms with van der Waals surface area (Å²) < 4.78 is 64.6. The summed E-state index contributed by atoms with van der Waals surface area (Å²) in [5.41, 5.74) is 0.913. The summed E-state index contributed by atoms with van der Waals surface area (Å²) >= 11 is 0. The molecule has 0 aromatic heterocycles. The standard InChI is InChI=1S/C38H30N4O8S2/c1-23(2)22-38(3,24-10-14-26(15-11-24)49-51(45,46)34-8-4-6-30-28(34)18-20-32(41-39)36(30)43)25-12-16-27(17-13-25)50-52(47,48)35-9-5-7-31-29(35)19-21-33(42-40)37(31)44/h4-21,23H,22H2,1-3H3/p+2. The van der Waals surface area contributed by atoms with Gasteiger partial charge >= 0.3 is 31.6 Å². The second kappa shape index (κ2) is 13.5. The number of phenols is 2. The molecule has 0 aliphatic heterocycles. The van der Waals surface area contributed by atoms with E-state index in [2.05, 4.69) is 23.8 Å². The summed E-state index contributed by atoms with van der Waals surface area (Å²) in [5, 5.41) is 39.8. The van der Waals surface area contributed by atoms with Crippen LogP contribution in [0.4, 0.5) is 11.4 Å². The van der Waals surface area contributed by atoms with Crippen molar-refractivity contribution in [3.63, 3.8) is 0 Å². The third-order valence-corrected chi connectivity index (χ3v) is 11.5. The Balaban J connectivity index is 1.26. The monoisotopic (exact) mass is 736 g/mol. The molecule has 0 atom stereocenters. The van der Waals surface area contributed by atoms with Crippen molar-refractivity contribution in [1.29, 1.82) is 10.8 Å². The molecule has 0 aliphatic carbocycles. The Morgan fingerprint density at radius 3 is 1.33 bits per heavy atom. The van der Waals surface area contributed by atoms with Gasteiger partial charge in [-0.15, -0.1) is 0 Å². The van der Waals surface area contributed by atoms with Crippen molar-refractivity contribution in [3.8, 4) is 23.0 Å². The van der Waals surface area contributed by atoms with Gasteiger partial charge in [0.25, 0.3) is 0 Å². The number of fused-ring (bicyclic) bond motifs is 2. The van der Waals surface area contributed by atoms with Crippen LogP contribution in [0.25, 0.3) is 31.5 Å². The van der Waals surface area contributed by atoms with Gasteiger partial charge in [0, 0.05) is 39.1 Å². The van der Waals surface area contributed by atoms with Crippen LogP contribution in [0.3, 0.4) is 0 Å². The van der Waals surface area contributed by atoms with E-state index in [1.165, 1.54) is 60.7 Å². The van der Waals surface area contributed by atoms with Crippen molar-refractivity contribution in [3.05, 3.63) is 130 Å². The summed E-state index contributed by atoms with van der Waals surface area (Å²) in [6.45, 7) is 6.19. The van der Waals surface area contributed by atoms with Crippen LogP contribution in [-0.4, -0.2) is 27.0 Å². The van der Waals surface area contributed by atoms with Gasteiger partial charge in [0.05, 0.1) is 0 Å². The van der Waals surface area contributed by atoms with Gasteiger partial charge in [-0.05, 0) is 72.0 Å². The summed E-state index contributed by atoms with van der Waals surface area (Å²) in [6, 6.07) is 27.4. The molecule has 2 N–H and O–H groups in total. The second-order valence-corrected chi connectivity index (χ2v) is 15.9. The molecule has 0 saturated heterocycles. The Morgan fingerprint density at radius 1 is 0.596 bits per heavy atom. The third kappa shape index (κ3) is 6.53. The molecule has 6 aromatic rings. The van der Waals surface area contributed by atoms with Crippen LogP contribution in [0.5, 0.6) is 23.0 Å². The molecule has 0 radical (unpaired) electrons.